The number of carbonyl (C=O) groups is 2. The lowest BCUT2D eigenvalue weighted by atomic mass is 9.92. The average molecular weight is 431 g/mol. The topological polar surface area (TPSA) is 110 Å². The molecule has 8 heteroatoms. The summed E-state index contributed by atoms with van der Waals surface area (Å²) in [5, 5.41) is 15.3. The van der Waals surface area contributed by atoms with Gasteiger partial charge in [-0.05, 0) is 43.4 Å². The van der Waals surface area contributed by atoms with Crippen LogP contribution >= 0.6 is 0 Å². The van der Waals surface area contributed by atoms with Crippen LogP contribution in [0.1, 0.15) is 70.8 Å². The zero-order valence-corrected chi connectivity index (χ0v) is 18.4. The van der Waals surface area contributed by atoms with Gasteiger partial charge in [-0.15, -0.1) is 0 Å². The number of hydrogen-bond donors (Lipinski definition) is 3. The molecule has 1 heterocycles. The molecule has 0 bridgehead atoms. The number of aliphatic hydroxyl groups excluding tert-OH is 1. The summed E-state index contributed by atoms with van der Waals surface area (Å²) in [5.74, 6) is 0.640. The summed E-state index contributed by atoms with van der Waals surface area (Å²) in [5.41, 5.74) is 1.18. The van der Waals surface area contributed by atoms with Crippen molar-refractivity contribution in [1.29, 1.82) is 0 Å². The van der Waals surface area contributed by atoms with Crippen LogP contribution in [0.4, 0.5) is 0 Å². The molecule has 1 aliphatic carbocycles. The lowest BCUT2D eigenvalue weighted by Crippen LogP contribution is -2.38. The number of benzene rings is 1. The third-order valence-electron chi connectivity index (χ3n) is 5.79. The molecule has 0 aliphatic heterocycles. The predicted octanol–water partition coefficient (Wildman–Crippen LogP) is 2.84. The molecule has 2 amide bonds. The van der Waals surface area contributed by atoms with Crippen molar-refractivity contribution in [3.8, 4) is 11.5 Å². The van der Waals surface area contributed by atoms with Gasteiger partial charge in [0.05, 0.1) is 25.9 Å². The molecule has 0 unspecified atom stereocenters. The van der Waals surface area contributed by atoms with Crippen molar-refractivity contribution in [2.45, 2.75) is 50.7 Å². The molecule has 168 valence electrons. The maximum absolute atomic E-state index is 13.1. The fraction of sp³-hybridized carbons (Fsp3) is 0.478. The number of methoxy groups -OCH3 is 2. The summed E-state index contributed by atoms with van der Waals surface area (Å²) in [6, 6.07) is 6.96. The lowest BCUT2D eigenvalue weighted by molar-refractivity contribution is 0.0864. The summed E-state index contributed by atoms with van der Waals surface area (Å²) < 4.78 is 16.5. The van der Waals surface area contributed by atoms with Crippen LogP contribution in [0.25, 0.3) is 0 Å². The van der Waals surface area contributed by atoms with E-state index >= 15 is 0 Å². The summed E-state index contributed by atoms with van der Waals surface area (Å²) in [4.78, 5) is 25.3. The van der Waals surface area contributed by atoms with Crippen LogP contribution in [0.15, 0.2) is 28.7 Å². The van der Waals surface area contributed by atoms with E-state index in [2.05, 4.69) is 10.6 Å². The molecule has 31 heavy (non-hydrogen) atoms. The molecule has 3 N–H and O–H groups in total. The molecule has 1 aliphatic rings. The molecule has 3 rings (SSSR count). The smallest absolute Gasteiger partial charge is 0.286 e. The van der Waals surface area contributed by atoms with Crippen LogP contribution < -0.4 is 20.1 Å². The van der Waals surface area contributed by atoms with Gasteiger partial charge in [0.2, 0.25) is 0 Å². The minimum absolute atomic E-state index is 0.0153. The Labute approximate surface area is 181 Å². The van der Waals surface area contributed by atoms with Gasteiger partial charge in [0.15, 0.2) is 17.3 Å². The van der Waals surface area contributed by atoms with Crippen molar-refractivity contribution in [1.82, 2.24) is 10.6 Å². The Bertz CT molecular complexity index is 930. The first kappa shape index (κ1) is 22.7. The highest BCUT2D eigenvalue weighted by molar-refractivity contribution is 5.99. The molecular formula is C23H30N2O6. The van der Waals surface area contributed by atoms with Crippen molar-refractivity contribution in [3.63, 3.8) is 0 Å². The van der Waals surface area contributed by atoms with Crippen LogP contribution in [0.2, 0.25) is 0 Å². The van der Waals surface area contributed by atoms with Gasteiger partial charge in [0.25, 0.3) is 11.8 Å². The Morgan fingerprint density at radius 2 is 1.74 bits per heavy atom. The monoisotopic (exact) mass is 430 g/mol. The zero-order chi connectivity index (χ0) is 22.5. The number of furan rings is 1. The van der Waals surface area contributed by atoms with E-state index in [0.717, 1.165) is 5.56 Å². The van der Waals surface area contributed by atoms with Crippen molar-refractivity contribution >= 4 is 11.8 Å². The summed E-state index contributed by atoms with van der Waals surface area (Å²) in [6.07, 6.45) is 2.45. The largest absolute Gasteiger partial charge is 0.493 e. The van der Waals surface area contributed by atoms with Gasteiger partial charge in [0, 0.05) is 25.1 Å². The van der Waals surface area contributed by atoms with Crippen LogP contribution in [0, 0.1) is 0 Å². The second-order valence-electron chi connectivity index (χ2n) is 7.78. The fourth-order valence-corrected chi connectivity index (χ4v) is 3.90. The van der Waals surface area contributed by atoms with Crippen LogP contribution in [0.3, 0.4) is 0 Å². The first-order valence-corrected chi connectivity index (χ1v) is 10.4. The second kappa shape index (κ2) is 9.87. The number of aliphatic hydroxyl groups is 1. The van der Waals surface area contributed by atoms with Crippen molar-refractivity contribution in [2.75, 3.05) is 21.3 Å². The highest BCUT2D eigenvalue weighted by atomic mass is 16.5. The normalized spacial score (nSPS) is 19.4. The Morgan fingerprint density at radius 3 is 2.35 bits per heavy atom. The van der Waals surface area contributed by atoms with Gasteiger partial charge in [-0.2, -0.15) is 0 Å². The highest BCUT2D eigenvalue weighted by Gasteiger charge is 2.28. The van der Waals surface area contributed by atoms with Crippen LogP contribution in [0.5, 0.6) is 11.5 Å². The Balaban J connectivity index is 1.92. The average Bonchev–Trinajstić information content (AvgIpc) is 3.24. The molecule has 1 aromatic carbocycles. The minimum Gasteiger partial charge on any atom is -0.493 e. The maximum Gasteiger partial charge on any atom is 0.286 e. The SMILES string of the molecule is CNC(=O)c1cc(C(=O)NC2CCC(O)CC2)c([C@@H](C)c2ccc(OC)c(OC)c2)o1. The molecular weight excluding hydrogens is 400 g/mol. The predicted molar refractivity (Wildman–Crippen MR) is 115 cm³/mol. The zero-order valence-electron chi connectivity index (χ0n) is 18.4. The number of rotatable bonds is 7. The van der Waals surface area contributed by atoms with Gasteiger partial charge >= 0.3 is 0 Å². The van der Waals surface area contributed by atoms with E-state index in [4.69, 9.17) is 13.9 Å². The van der Waals surface area contributed by atoms with E-state index in [-0.39, 0.29) is 29.7 Å². The summed E-state index contributed by atoms with van der Waals surface area (Å²) in [6.45, 7) is 1.90. The number of ether oxygens (including phenoxy) is 2. The van der Waals surface area contributed by atoms with Gasteiger partial charge < -0.3 is 29.6 Å². The summed E-state index contributed by atoms with van der Waals surface area (Å²) >= 11 is 0. The Hall–Kier alpha value is -3.00. The highest BCUT2D eigenvalue weighted by Crippen LogP contribution is 2.35. The van der Waals surface area contributed by atoms with Crippen molar-refractivity contribution in [3.05, 3.63) is 46.9 Å². The van der Waals surface area contributed by atoms with E-state index in [1.165, 1.54) is 13.1 Å². The molecule has 1 fully saturated rings. The number of nitrogens with one attached hydrogen (secondary N) is 2. The van der Waals surface area contributed by atoms with Crippen molar-refractivity contribution in [2.24, 2.45) is 0 Å². The number of carbonyl (C=O) groups excluding carboxylic acids is 2. The number of hydrogen-bond acceptors (Lipinski definition) is 6. The molecule has 8 nitrogen and oxygen atoms in total. The molecule has 1 aromatic heterocycles. The Morgan fingerprint density at radius 1 is 1.06 bits per heavy atom. The van der Waals surface area contributed by atoms with Gasteiger partial charge in [-0.3, -0.25) is 9.59 Å². The third-order valence-corrected chi connectivity index (χ3v) is 5.79. The van der Waals surface area contributed by atoms with Crippen LogP contribution in [-0.2, 0) is 0 Å². The van der Waals surface area contributed by atoms with E-state index in [0.29, 0.717) is 48.5 Å². The van der Waals surface area contributed by atoms with E-state index in [1.807, 2.05) is 19.1 Å². The van der Waals surface area contributed by atoms with Gasteiger partial charge in [-0.25, -0.2) is 0 Å². The summed E-state index contributed by atoms with van der Waals surface area (Å²) in [7, 11) is 4.63. The third kappa shape index (κ3) is 5.02. The van der Waals surface area contributed by atoms with E-state index in [1.54, 1.807) is 20.3 Å². The van der Waals surface area contributed by atoms with E-state index < -0.39 is 5.91 Å². The standard InChI is InChI=1S/C23H30N2O6/c1-13(14-5-10-18(29-3)19(11-14)30-4)21-17(12-20(31-21)23(28)24-2)22(27)25-15-6-8-16(26)9-7-15/h5,10-13,15-16,26H,6-9H2,1-4H3,(H,24,28)(H,25,27)/t13-,15?,16?/m0/s1. The quantitative estimate of drug-likeness (QED) is 0.623. The Kier molecular flexibility index (Phi) is 7.22. The first-order valence-electron chi connectivity index (χ1n) is 10.4. The van der Waals surface area contributed by atoms with Gasteiger partial charge in [0.1, 0.15) is 5.76 Å². The van der Waals surface area contributed by atoms with Crippen LogP contribution in [-0.4, -0.2) is 50.3 Å². The molecule has 0 saturated heterocycles. The molecule has 1 atom stereocenters. The van der Waals surface area contributed by atoms with Crippen molar-refractivity contribution < 1.29 is 28.6 Å². The minimum atomic E-state index is -0.402. The lowest BCUT2D eigenvalue weighted by Gasteiger charge is -2.26. The maximum atomic E-state index is 13.1. The molecule has 0 radical (unpaired) electrons. The van der Waals surface area contributed by atoms with E-state index in [9.17, 15) is 14.7 Å². The fourth-order valence-electron chi connectivity index (χ4n) is 3.90. The van der Waals surface area contributed by atoms with Gasteiger partial charge in [-0.1, -0.05) is 13.0 Å². The molecule has 0 spiro atoms. The molecule has 1 saturated carbocycles. The first-order chi connectivity index (χ1) is 14.9. The number of amides is 2. The second-order valence-corrected chi connectivity index (χ2v) is 7.78. The molecule has 2 aromatic rings.